The van der Waals surface area contributed by atoms with Crippen LogP contribution in [0.1, 0.15) is 29.8 Å². The lowest BCUT2D eigenvalue weighted by molar-refractivity contribution is -0.304. The number of carbonyl (C=O) groups excluding carboxylic acids is 2. The first-order chi connectivity index (χ1) is 21.3. The maximum atomic E-state index is 13.1. The third-order valence-electron chi connectivity index (χ3n) is 7.56. The van der Waals surface area contributed by atoms with Gasteiger partial charge in [0.25, 0.3) is 5.91 Å². The number of ether oxygens (including phenoxy) is 4. The predicted octanol–water partition coefficient (Wildman–Crippen LogP) is 4.84. The summed E-state index contributed by atoms with van der Waals surface area (Å²) in [6, 6.07) is 17.3. The van der Waals surface area contributed by atoms with Crippen LogP contribution in [0.5, 0.6) is 11.5 Å². The molecule has 12 nitrogen and oxygen atoms in total. The van der Waals surface area contributed by atoms with Crippen LogP contribution >= 0.6 is 15.9 Å². The van der Waals surface area contributed by atoms with Crippen LogP contribution in [0, 0.1) is 6.92 Å². The number of hydrogen-bond acceptors (Lipinski definition) is 10. The Kier molecular flexibility index (Phi) is 8.90. The van der Waals surface area contributed by atoms with Gasteiger partial charge in [-0.15, -0.1) is 0 Å². The Morgan fingerprint density at radius 2 is 1.78 bits per heavy atom. The standard InChI is InChI=1S/C32H31BrN2O10/c1-15-21(42-30-24(37)26(44-31(34)40)27(41-4)32(2,3)45-30)13-12-20-23(36)22(29(39)43-25(15)20)35-28(38)18-7-5-6-17(14-18)16-8-10-19(33)11-9-16/h5-14,24,26-27,30,36-37H,1-4H3,(H2,34,40)(H,35,38)/t24-,26+,27-,30-/m1/s1. The molecule has 1 aliphatic heterocycles. The number of methoxy groups -OCH3 is 1. The Balaban J connectivity index is 1.42. The molecule has 0 saturated carbocycles. The van der Waals surface area contributed by atoms with Crippen LogP contribution in [-0.2, 0) is 14.2 Å². The molecule has 2 heterocycles. The van der Waals surface area contributed by atoms with Gasteiger partial charge < -0.3 is 44.6 Å². The van der Waals surface area contributed by atoms with E-state index in [9.17, 15) is 24.6 Å². The lowest BCUT2D eigenvalue weighted by Crippen LogP contribution is -2.65. The SMILES string of the molecule is CO[C@@H]1[C@@H](OC(N)=O)[C@@H](O)[C@H](Oc2ccc3c(O)c(NC(=O)c4cccc(-c5ccc(Br)cc5)c4)c(=O)oc3c2C)OC1(C)C. The van der Waals surface area contributed by atoms with E-state index in [1.165, 1.54) is 19.2 Å². The number of aryl methyl sites for hydroxylation is 1. The molecule has 13 heteroatoms. The number of nitrogens with two attached hydrogens (primary N) is 1. The Morgan fingerprint density at radius 1 is 1.07 bits per heavy atom. The Morgan fingerprint density at radius 3 is 2.44 bits per heavy atom. The van der Waals surface area contributed by atoms with E-state index >= 15 is 0 Å². The van der Waals surface area contributed by atoms with Gasteiger partial charge >= 0.3 is 11.7 Å². The Labute approximate surface area is 265 Å². The molecule has 1 saturated heterocycles. The van der Waals surface area contributed by atoms with E-state index in [1.54, 1.807) is 39.0 Å². The van der Waals surface area contributed by atoms with Crippen LogP contribution in [0.2, 0.25) is 0 Å². The van der Waals surface area contributed by atoms with Crippen molar-refractivity contribution in [2.75, 3.05) is 12.4 Å². The molecule has 45 heavy (non-hydrogen) atoms. The minimum absolute atomic E-state index is 0.0190. The number of carbonyl (C=O) groups is 2. The third-order valence-corrected chi connectivity index (χ3v) is 8.08. The number of halogens is 1. The number of aliphatic hydroxyl groups is 1. The van der Waals surface area contributed by atoms with Crippen LogP contribution in [0.15, 0.2) is 74.3 Å². The second-order valence-corrected chi connectivity index (χ2v) is 11.9. The Hall–Kier alpha value is -4.43. The van der Waals surface area contributed by atoms with E-state index in [0.717, 1.165) is 15.6 Å². The number of hydrogen-bond donors (Lipinski definition) is 4. The van der Waals surface area contributed by atoms with Crippen molar-refractivity contribution in [3.05, 3.63) is 86.7 Å². The van der Waals surface area contributed by atoms with Crippen LogP contribution in [0.4, 0.5) is 10.5 Å². The summed E-state index contributed by atoms with van der Waals surface area (Å²) in [6.45, 7) is 4.90. The monoisotopic (exact) mass is 682 g/mol. The van der Waals surface area contributed by atoms with Gasteiger partial charge in [-0.2, -0.15) is 0 Å². The molecular formula is C32H31BrN2O10. The van der Waals surface area contributed by atoms with Gasteiger partial charge in [0.2, 0.25) is 6.29 Å². The molecule has 1 aliphatic rings. The molecule has 0 spiro atoms. The minimum atomic E-state index is -1.51. The molecule has 1 aromatic heterocycles. The zero-order chi connectivity index (χ0) is 32.6. The smallest absolute Gasteiger partial charge is 0.404 e. The highest BCUT2D eigenvalue weighted by Gasteiger charge is 2.53. The van der Waals surface area contributed by atoms with Crippen molar-refractivity contribution < 1.29 is 43.2 Å². The number of amides is 2. The summed E-state index contributed by atoms with van der Waals surface area (Å²) in [4.78, 5) is 37.7. The molecule has 236 valence electrons. The van der Waals surface area contributed by atoms with Gasteiger partial charge in [0, 0.05) is 22.7 Å². The number of rotatable bonds is 7. The molecule has 4 atom stereocenters. The summed E-state index contributed by atoms with van der Waals surface area (Å²) in [5.74, 6) is -0.984. The number of anilines is 1. The fourth-order valence-corrected chi connectivity index (χ4v) is 5.61. The lowest BCUT2D eigenvalue weighted by atomic mass is 9.89. The Bertz CT molecular complexity index is 1820. The van der Waals surface area contributed by atoms with Crippen LogP contribution in [-0.4, -0.2) is 59.5 Å². The summed E-state index contributed by atoms with van der Waals surface area (Å²) in [7, 11) is 1.38. The zero-order valence-electron chi connectivity index (χ0n) is 24.7. The van der Waals surface area contributed by atoms with Gasteiger partial charge in [-0.3, -0.25) is 4.79 Å². The van der Waals surface area contributed by atoms with Crippen LogP contribution in [0.25, 0.3) is 22.1 Å². The highest BCUT2D eigenvalue weighted by Crippen LogP contribution is 2.38. The van der Waals surface area contributed by atoms with E-state index in [4.69, 9.17) is 29.1 Å². The first-order valence-electron chi connectivity index (χ1n) is 13.8. The average molecular weight is 684 g/mol. The van der Waals surface area contributed by atoms with Crippen molar-refractivity contribution in [2.45, 2.75) is 51.0 Å². The van der Waals surface area contributed by atoms with Crippen LogP contribution < -0.4 is 21.4 Å². The third kappa shape index (κ3) is 6.38. The molecule has 0 radical (unpaired) electrons. The van der Waals surface area contributed by atoms with E-state index in [2.05, 4.69) is 21.2 Å². The largest absolute Gasteiger partial charge is 0.505 e. The molecular weight excluding hydrogens is 652 g/mol. The first kappa shape index (κ1) is 32.0. The summed E-state index contributed by atoms with van der Waals surface area (Å²) in [5, 5.41) is 24.6. The average Bonchev–Trinajstić information content (AvgIpc) is 2.99. The summed E-state index contributed by atoms with van der Waals surface area (Å²) < 4.78 is 28.9. The molecule has 0 unspecified atom stereocenters. The number of primary amides is 1. The molecule has 0 bridgehead atoms. The number of benzene rings is 3. The molecule has 1 fully saturated rings. The van der Waals surface area contributed by atoms with E-state index in [0.29, 0.717) is 0 Å². The molecule has 5 N–H and O–H groups in total. The molecule has 4 aromatic rings. The number of aliphatic hydroxyl groups excluding tert-OH is 1. The maximum Gasteiger partial charge on any atom is 0.404 e. The highest BCUT2D eigenvalue weighted by atomic mass is 79.9. The number of fused-ring (bicyclic) bond motifs is 1. The molecule has 3 aromatic carbocycles. The molecule has 5 rings (SSSR count). The topological polar surface area (TPSA) is 180 Å². The quantitative estimate of drug-likeness (QED) is 0.197. The summed E-state index contributed by atoms with van der Waals surface area (Å²) >= 11 is 3.40. The van der Waals surface area contributed by atoms with Crippen molar-refractivity contribution in [1.82, 2.24) is 0 Å². The van der Waals surface area contributed by atoms with Crippen molar-refractivity contribution in [1.29, 1.82) is 0 Å². The second kappa shape index (κ2) is 12.5. The lowest BCUT2D eigenvalue weighted by Gasteiger charge is -2.47. The second-order valence-electron chi connectivity index (χ2n) is 11.0. The van der Waals surface area contributed by atoms with E-state index < -0.39 is 59.3 Å². The fourth-order valence-electron chi connectivity index (χ4n) is 5.34. The van der Waals surface area contributed by atoms with Crippen molar-refractivity contribution in [3.63, 3.8) is 0 Å². The van der Waals surface area contributed by atoms with Gasteiger partial charge in [0.15, 0.2) is 23.6 Å². The van der Waals surface area contributed by atoms with Crippen molar-refractivity contribution >= 4 is 44.6 Å². The highest BCUT2D eigenvalue weighted by molar-refractivity contribution is 9.10. The molecule has 2 amide bonds. The van der Waals surface area contributed by atoms with Gasteiger partial charge in [-0.25, -0.2) is 9.59 Å². The van der Waals surface area contributed by atoms with E-state index in [-0.39, 0.29) is 27.8 Å². The van der Waals surface area contributed by atoms with Gasteiger partial charge in [0.1, 0.15) is 17.4 Å². The summed E-state index contributed by atoms with van der Waals surface area (Å²) in [6.07, 6.45) is -6.06. The fraction of sp³-hybridized carbons (Fsp3) is 0.281. The number of nitrogens with one attached hydrogen (secondary N) is 1. The van der Waals surface area contributed by atoms with Crippen molar-refractivity contribution in [3.8, 4) is 22.6 Å². The van der Waals surface area contributed by atoms with E-state index in [1.807, 2.05) is 30.3 Å². The first-order valence-corrected chi connectivity index (χ1v) is 14.6. The summed E-state index contributed by atoms with van der Waals surface area (Å²) in [5.41, 5.74) is 4.90. The van der Waals surface area contributed by atoms with Crippen LogP contribution in [0.3, 0.4) is 0 Å². The van der Waals surface area contributed by atoms with Gasteiger partial charge in [-0.1, -0.05) is 40.2 Å². The van der Waals surface area contributed by atoms with Crippen molar-refractivity contribution in [2.24, 2.45) is 5.73 Å². The van der Waals surface area contributed by atoms with Gasteiger partial charge in [0.05, 0.1) is 11.0 Å². The number of aromatic hydroxyl groups is 1. The molecule has 0 aliphatic carbocycles. The maximum absolute atomic E-state index is 13.1. The predicted molar refractivity (Wildman–Crippen MR) is 167 cm³/mol. The normalized spacial score (nSPS) is 20.8. The minimum Gasteiger partial charge on any atom is -0.505 e. The zero-order valence-corrected chi connectivity index (χ0v) is 26.3. The van der Waals surface area contributed by atoms with Gasteiger partial charge in [-0.05, 0) is 68.3 Å².